The van der Waals surface area contributed by atoms with Crippen molar-refractivity contribution in [1.29, 1.82) is 0 Å². The second-order valence-electron chi connectivity index (χ2n) is 6.18. The maximum absolute atomic E-state index is 12.7. The fraction of sp³-hybridized carbons (Fsp3) is 0.316. The second kappa shape index (κ2) is 8.19. The molecule has 0 unspecified atom stereocenters. The van der Waals surface area contributed by atoms with Crippen LogP contribution in [0.1, 0.15) is 36.0 Å². The number of hydrogen-bond acceptors (Lipinski definition) is 4. The molecule has 1 saturated heterocycles. The number of ether oxygens (including phenoxy) is 1. The van der Waals surface area contributed by atoms with Gasteiger partial charge in [0.25, 0.3) is 5.91 Å². The molecule has 0 atom stereocenters. The SMILES string of the molecule is O=C(c1cccc(Oc2c(Cl)cccc2[N+](=O)[O-])c1)N1CCCCCC1. The summed E-state index contributed by atoms with van der Waals surface area (Å²) in [5.41, 5.74) is 0.279. The average molecular weight is 375 g/mol. The summed E-state index contributed by atoms with van der Waals surface area (Å²) in [6, 6.07) is 11.0. The Labute approximate surface area is 156 Å². The Kier molecular flexibility index (Phi) is 5.73. The first-order valence-electron chi connectivity index (χ1n) is 8.56. The molecule has 0 radical (unpaired) electrons. The van der Waals surface area contributed by atoms with Crippen LogP contribution >= 0.6 is 11.6 Å². The van der Waals surface area contributed by atoms with Gasteiger partial charge in [0.2, 0.25) is 5.75 Å². The summed E-state index contributed by atoms with van der Waals surface area (Å²) in [7, 11) is 0. The summed E-state index contributed by atoms with van der Waals surface area (Å²) in [6.45, 7) is 1.50. The number of benzene rings is 2. The normalized spacial score (nSPS) is 14.6. The first-order valence-corrected chi connectivity index (χ1v) is 8.94. The van der Waals surface area contributed by atoms with Crippen molar-refractivity contribution in [2.45, 2.75) is 25.7 Å². The Morgan fingerprint density at radius 2 is 1.77 bits per heavy atom. The summed E-state index contributed by atoms with van der Waals surface area (Å²) in [4.78, 5) is 25.2. The Hall–Kier alpha value is -2.60. The molecule has 136 valence electrons. The highest BCUT2D eigenvalue weighted by Crippen LogP contribution is 2.37. The van der Waals surface area contributed by atoms with Gasteiger partial charge in [-0.15, -0.1) is 0 Å². The highest BCUT2D eigenvalue weighted by atomic mass is 35.5. The minimum atomic E-state index is -0.548. The maximum atomic E-state index is 12.7. The van der Waals surface area contributed by atoms with Crippen molar-refractivity contribution in [3.8, 4) is 11.5 Å². The third-order valence-electron chi connectivity index (χ3n) is 4.34. The minimum Gasteiger partial charge on any atom is -0.449 e. The van der Waals surface area contributed by atoms with Crippen LogP contribution in [0.4, 0.5) is 5.69 Å². The summed E-state index contributed by atoms with van der Waals surface area (Å²) in [5, 5.41) is 11.3. The van der Waals surface area contributed by atoms with E-state index in [1.54, 1.807) is 24.3 Å². The minimum absolute atomic E-state index is 0.0291. The first kappa shape index (κ1) is 18.2. The van der Waals surface area contributed by atoms with Crippen LogP contribution in [-0.2, 0) is 0 Å². The number of rotatable bonds is 4. The molecule has 3 rings (SSSR count). The lowest BCUT2D eigenvalue weighted by molar-refractivity contribution is -0.385. The molecule has 0 aliphatic carbocycles. The van der Waals surface area contributed by atoms with Gasteiger partial charge in [-0.1, -0.05) is 36.6 Å². The number of hydrogen-bond donors (Lipinski definition) is 0. The van der Waals surface area contributed by atoms with Gasteiger partial charge >= 0.3 is 5.69 Å². The molecule has 0 spiro atoms. The van der Waals surface area contributed by atoms with Gasteiger partial charge in [-0.05, 0) is 37.1 Å². The smallest absolute Gasteiger partial charge is 0.313 e. The molecule has 1 fully saturated rings. The zero-order chi connectivity index (χ0) is 18.5. The van der Waals surface area contributed by atoms with Crippen LogP contribution in [0.3, 0.4) is 0 Å². The van der Waals surface area contributed by atoms with Gasteiger partial charge in [-0.2, -0.15) is 0 Å². The van der Waals surface area contributed by atoms with Crippen molar-refractivity contribution in [2.24, 2.45) is 0 Å². The molecule has 0 bridgehead atoms. The van der Waals surface area contributed by atoms with E-state index in [2.05, 4.69) is 0 Å². The number of nitro benzene ring substituents is 1. The predicted molar refractivity (Wildman–Crippen MR) is 99.0 cm³/mol. The van der Waals surface area contributed by atoms with Gasteiger partial charge in [-0.3, -0.25) is 14.9 Å². The maximum Gasteiger partial charge on any atom is 0.313 e. The molecule has 0 N–H and O–H groups in total. The molecule has 2 aromatic rings. The van der Waals surface area contributed by atoms with E-state index in [4.69, 9.17) is 16.3 Å². The molecule has 0 aromatic heterocycles. The van der Waals surface area contributed by atoms with Crippen molar-refractivity contribution in [2.75, 3.05) is 13.1 Å². The van der Waals surface area contributed by atoms with Crippen LogP contribution < -0.4 is 4.74 Å². The van der Waals surface area contributed by atoms with E-state index >= 15 is 0 Å². The number of carbonyl (C=O) groups excluding carboxylic acids is 1. The number of nitrogens with zero attached hydrogens (tertiary/aromatic N) is 2. The van der Waals surface area contributed by atoms with Crippen molar-refractivity contribution in [3.05, 3.63) is 63.2 Å². The number of halogens is 1. The van der Waals surface area contributed by atoms with Gasteiger partial charge < -0.3 is 9.64 Å². The second-order valence-corrected chi connectivity index (χ2v) is 6.59. The van der Waals surface area contributed by atoms with Crippen LogP contribution in [0, 0.1) is 10.1 Å². The van der Waals surface area contributed by atoms with E-state index in [0.29, 0.717) is 11.3 Å². The largest absolute Gasteiger partial charge is 0.449 e. The average Bonchev–Trinajstić information content (AvgIpc) is 2.92. The van der Waals surface area contributed by atoms with Gasteiger partial charge in [0.05, 0.1) is 9.95 Å². The highest BCUT2D eigenvalue weighted by Gasteiger charge is 2.21. The number of para-hydroxylation sites is 1. The zero-order valence-electron chi connectivity index (χ0n) is 14.2. The highest BCUT2D eigenvalue weighted by molar-refractivity contribution is 6.32. The molecule has 26 heavy (non-hydrogen) atoms. The fourth-order valence-electron chi connectivity index (χ4n) is 3.01. The molecule has 2 aromatic carbocycles. The number of amides is 1. The van der Waals surface area contributed by atoms with Crippen molar-refractivity contribution >= 4 is 23.2 Å². The number of likely N-dealkylation sites (tertiary alicyclic amines) is 1. The van der Waals surface area contributed by atoms with Crippen LogP contribution in [0.25, 0.3) is 0 Å². The number of nitro groups is 1. The Balaban J connectivity index is 1.84. The van der Waals surface area contributed by atoms with E-state index in [9.17, 15) is 14.9 Å². The lowest BCUT2D eigenvalue weighted by Crippen LogP contribution is -2.31. The first-order chi connectivity index (χ1) is 12.6. The topological polar surface area (TPSA) is 72.7 Å². The van der Waals surface area contributed by atoms with E-state index in [1.807, 2.05) is 4.90 Å². The van der Waals surface area contributed by atoms with Gasteiger partial charge in [0, 0.05) is 24.7 Å². The van der Waals surface area contributed by atoms with Crippen molar-refractivity contribution < 1.29 is 14.5 Å². The summed E-state index contributed by atoms with van der Waals surface area (Å²) in [5.74, 6) is 0.256. The van der Waals surface area contributed by atoms with E-state index in [1.165, 1.54) is 18.2 Å². The van der Waals surface area contributed by atoms with E-state index in [-0.39, 0.29) is 22.4 Å². The van der Waals surface area contributed by atoms with Gasteiger partial charge in [-0.25, -0.2) is 0 Å². The van der Waals surface area contributed by atoms with E-state index < -0.39 is 4.92 Å². The van der Waals surface area contributed by atoms with Gasteiger partial charge in [0.15, 0.2) is 0 Å². The molecule has 1 aliphatic heterocycles. The van der Waals surface area contributed by atoms with Crippen LogP contribution in [0.5, 0.6) is 11.5 Å². The Bertz CT molecular complexity index is 817. The Morgan fingerprint density at radius 1 is 1.08 bits per heavy atom. The third-order valence-corrected chi connectivity index (χ3v) is 4.63. The summed E-state index contributed by atoms with van der Waals surface area (Å²) >= 11 is 6.06. The molecule has 0 saturated carbocycles. The third kappa shape index (κ3) is 4.14. The molecular weight excluding hydrogens is 356 g/mol. The van der Waals surface area contributed by atoms with Crippen molar-refractivity contribution in [3.63, 3.8) is 0 Å². The molecular formula is C19H19ClN2O4. The predicted octanol–water partition coefficient (Wildman–Crippen LogP) is 5.06. The quantitative estimate of drug-likeness (QED) is 0.554. The lowest BCUT2D eigenvalue weighted by Gasteiger charge is -2.20. The molecule has 6 nitrogen and oxygen atoms in total. The Morgan fingerprint density at radius 3 is 2.46 bits per heavy atom. The number of carbonyl (C=O) groups is 1. The van der Waals surface area contributed by atoms with Gasteiger partial charge in [0.1, 0.15) is 5.75 Å². The van der Waals surface area contributed by atoms with E-state index in [0.717, 1.165) is 38.8 Å². The molecule has 1 aliphatic rings. The molecule has 7 heteroatoms. The fourth-order valence-corrected chi connectivity index (χ4v) is 3.22. The molecule has 1 amide bonds. The lowest BCUT2D eigenvalue weighted by atomic mass is 10.2. The van der Waals surface area contributed by atoms with Crippen LogP contribution in [0.15, 0.2) is 42.5 Å². The van der Waals surface area contributed by atoms with Crippen LogP contribution in [-0.4, -0.2) is 28.8 Å². The summed E-state index contributed by atoms with van der Waals surface area (Å²) in [6.07, 6.45) is 4.30. The monoisotopic (exact) mass is 374 g/mol. The van der Waals surface area contributed by atoms with Crippen LogP contribution in [0.2, 0.25) is 5.02 Å². The standard InChI is InChI=1S/C19H19ClN2O4/c20-16-9-6-10-17(22(24)25)18(16)26-15-8-5-7-14(13-15)19(23)21-11-3-1-2-4-12-21/h5-10,13H,1-4,11-12H2. The molecule has 1 heterocycles. The van der Waals surface area contributed by atoms with Crippen molar-refractivity contribution in [1.82, 2.24) is 4.90 Å². The zero-order valence-corrected chi connectivity index (χ0v) is 14.9. The summed E-state index contributed by atoms with van der Waals surface area (Å²) < 4.78 is 5.66.